The SMILES string of the molecule is CN=C(NCc1coc(-c2ccccc2)n1)N1CCc2ccccc2C1.I. The number of aliphatic imine (C=N–C) groups is 1. The van der Waals surface area contributed by atoms with Crippen LogP contribution in [0.15, 0.2) is 70.3 Å². The number of aromatic nitrogens is 1. The van der Waals surface area contributed by atoms with E-state index in [0.29, 0.717) is 12.4 Å². The van der Waals surface area contributed by atoms with Gasteiger partial charge in [-0.15, -0.1) is 24.0 Å². The number of hydrogen-bond acceptors (Lipinski definition) is 3. The maximum Gasteiger partial charge on any atom is 0.226 e. The molecule has 0 spiro atoms. The number of nitrogens with one attached hydrogen (secondary N) is 1. The monoisotopic (exact) mass is 474 g/mol. The van der Waals surface area contributed by atoms with Crippen LogP contribution in [0.2, 0.25) is 0 Å². The highest BCUT2D eigenvalue weighted by Crippen LogP contribution is 2.19. The fourth-order valence-electron chi connectivity index (χ4n) is 3.28. The number of guanidine groups is 1. The van der Waals surface area contributed by atoms with E-state index in [1.807, 2.05) is 37.4 Å². The van der Waals surface area contributed by atoms with E-state index in [1.165, 1.54) is 11.1 Å². The quantitative estimate of drug-likeness (QED) is 0.353. The minimum atomic E-state index is 0. The highest BCUT2D eigenvalue weighted by Gasteiger charge is 2.18. The van der Waals surface area contributed by atoms with Crippen LogP contribution in [0.1, 0.15) is 16.8 Å². The van der Waals surface area contributed by atoms with Crippen LogP contribution < -0.4 is 5.32 Å². The third-order valence-corrected chi connectivity index (χ3v) is 4.64. The molecule has 0 saturated carbocycles. The summed E-state index contributed by atoms with van der Waals surface area (Å²) < 4.78 is 5.60. The van der Waals surface area contributed by atoms with E-state index in [2.05, 4.69) is 44.5 Å². The van der Waals surface area contributed by atoms with Gasteiger partial charge in [-0.3, -0.25) is 4.99 Å². The van der Waals surface area contributed by atoms with Crippen molar-refractivity contribution < 1.29 is 4.42 Å². The Morgan fingerprint density at radius 3 is 2.63 bits per heavy atom. The Morgan fingerprint density at radius 2 is 1.85 bits per heavy atom. The zero-order chi connectivity index (χ0) is 17.8. The van der Waals surface area contributed by atoms with Crippen LogP contribution in [-0.2, 0) is 19.5 Å². The molecule has 0 atom stereocenters. The maximum absolute atomic E-state index is 5.60. The van der Waals surface area contributed by atoms with E-state index >= 15 is 0 Å². The standard InChI is InChI=1S/C21H22N4O.HI/c1-22-21(25-12-11-16-7-5-6-10-18(16)14-25)23-13-19-15-26-20(24-19)17-8-3-2-4-9-17;/h2-10,15H,11-14H2,1H3,(H,22,23);1H. The normalized spacial score (nSPS) is 13.7. The lowest BCUT2D eigenvalue weighted by Gasteiger charge is -2.31. The summed E-state index contributed by atoms with van der Waals surface area (Å²) in [6.45, 7) is 2.43. The molecule has 0 saturated heterocycles. The molecule has 1 aliphatic heterocycles. The van der Waals surface area contributed by atoms with Gasteiger partial charge in [0.1, 0.15) is 6.26 Å². The minimum absolute atomic E-state index is 0. The number of nitrogens with zero attached hydrogens (tertiary/aromatic N) is 3. The summed E-state index contributed by atoms with van der Waals surface area (Å²) in [7, 11) is 1.82. The number of oxazole rings is 1. The summed E-state index contributed by atoms with van der Waals surface area (Å²) >= 11 is 0. The Morgan fingerprint density at radius 1 is 1.11 bits per heavy atom. The fourth-order valence-corrected chi connectivity index (χ4v) is 3.28. The smallest absolute Gasteiger partial charge is 0.226 e. The molecule has 0 amide bonds. The van der Waals surface area contributed by atoms with E-state index in [1.54, 1.807) is 6.26 Å². The van der Waals surface area contributed by atoms with Crippen molar-refractivity contribution >= 4 is 29.9 Å². The van der Waals surface area contributed by atoms with Crippen molar-refractivity contribution in [3.8, 4) is 11.5 Å². The van der Waals surface area contributed by atoms with Crippen molar-refractivity contribution in [2.24, 2.45) is 4.99 Å². The molecule has 27 heavy (non-hydrogen) atoms. The van der Waals surface area contributed by atoms with Crippen LogP contribution in [-0.4, -0.2) is 29.4 Å². The lowest BCUT2D eigenvalue weighted by atomic mass is 10.0. The Bertz CT molecular complexity index is 907. The maximum atomic E-state index is 5.60. The lowest BCUT2D eigenvalue weighted by molar-refractivity contribution is 0.378. The number of benzene rings is 2. The van der Waals surface area contributed by atoms with Crippen LogP contribution in [0.5, 0.6) is 0 Å². The molecule has 0 unspecified atom stereocenters. The first-order chi connectivity index (χ1) is 12.8. The van der Waals surface area contributed by atoms with Gasteiger partial charge in [-0.1, -0.05) is 42.5 Å². The molecular weight excluding hydrogens is 451 g/mol. The van der Waals surface area contributed by atoms with E-state index in [4.69, 9.17) is 4.42 Å². The van der Waals surface area contributed by atoms with Gasteiger partial charge in [0, 0.05) is 25.7 Å². The zero-order valence-electron chi connectivity index (χ0n) is 15.3. The van der Waals surface area contributed by atoms with Crippen LogP contribution >= 0.6 is 24.0 Å². The summed E-state index contributed by atoms with van der Waals surface area (Å²) in [4.78, 5) is 11.3. The van der Waals surface area contributed by atoms with Crippen molar-refractivity contribution in [2.75, 3.05) is 13.6 Å². The Labute approximate surface area is 176 Å². The lowest BCUT2D eigenvalue weighted by Crippen LogP contribution is -2.43. The van der Waals surface area contributed by atoms with Crippen LogP contribution in [0.4, 0.5) is 0 Å². The average molecular weight is 474 g/mol. The predicted octanol–water partition coefficient (Wildman–Crippen LogP) is 4.09. The van der Waals surface area contributed by atoms with Crippen LogP contribution in [0.25, 0.3) is 11.5 Å². The van der Waals surface area contributed by atoms with Gasteiger partial charge in [-0.2, -0.15) is 0 Å². The molecular formula is C21H23IN4O. The third kappa shape index (κ3) is 4.50. The van der Waals surface area contributed by atoms with Crippen molar-refractivity contribution in [1.29, 1.82) is 0 Å². The molecule has 4 rings (SSSR count). The molecule has 0 fully saturated rings. The zero-order valence-corrected chi connectivity index (χ0v) is 17.6. The topological polar surface area (TPSA) is 53.7 Å². The predicted molar refractivity (Wildman–Crippen MR) is 118 cm³/mol. The van der Waals surface area contributed by atoms with Gasteiger partial charge >= 0.3 is 0 Å². The Hall–Kier alpha value is -2.35. The molecule has 140 valence electrons. The summed E-state index contributed by atoms with van der Waals surface area (Å²) in [5.74, 6) is 1.54. The van der Waals surface area contributed by atoms with E-state index in [9.17, 15) is 0 Å². The van der Waals surface area contributed by atoms with E-state index in [-0.39, 0.29) is 24.0 Å². The molecule has 0 radical (unpaired) electrons. The molecule has 3 aromatic rings. The summed E-state index contributed by atoms with van der Waals surface area (Å²) in [6, 6.07) is 18.5. The Kier molecular flexibility index (Phi) is 6.49. The third-order valence-electron chi connectivity index (χ3n) is 4.64. The van der Waals surface area contributed by atoms with Gasteiger partial charge in [0.2, 0.25) is 5.89 Å². The number of fused-ring (bicyclic) bond motifs is 1. The number of halogens is 1. The van der Waals surface area contributed by atoms with E-state index < -0.39 is 0 Å². The first-order valence-corrected chi connectivity index (χ1v) is 8.85. The van der Waals surface area contributed by atoms with Gasteiger partial charge in [0.05, 0.1) is 12.2 Å². The minimum Gasteiger partial charge on any atom is -0.444 e. The Balaban J connectivity index is 0.00000210. The average Bonchev–Trinajstić information content (AvgIpc) is 3.18. The van der Waals surface area contributed by atoms with Crippen LogP contribution in [0, 0.1) is 0 Å². The van der Waals surface area contributed by atoms with Crippen molar-refractivity contribution in [1.82, 2.24) is 15.2 Å². The van der Waals surface area contributed by atoms with Gasteiger partial charge in [-0.25, -0.2) is 4.98 Å². The number of hydrogen-bond donors (Lipinski definition) is 1. The molecule has 2 aromatic carbocycles. The first kappa shape index (κ1) is 19.4. The van der Waals surface area contributed by atoms with Crippen molar-refractivity contribution in [3.63, 3.8) is 0 Å². The molecule has 1 aliphatic rings. The van der Waals surface area contributed by atoms with Crippen LogP contribution in [0.3, 0.4) is 0 Å². The molecule has 1 aromatic heterocycles. The van der Waals surface area contributed by atoms with Gasteiger partial charge in [0.25, 0.3) is 0 Å². The molecule has 0 aliphatic carbocycles. The molecule has 2 heterocycles. The first-order valence-electron chi connectivity index (χ1n) is 8.85. The van der Waals surface area contributed by atoms with Crippen molar-refractivity contribution in [3.05, 3.63) is 77.7 Å². The molecule has 5 nitrogen and oxygen atoms in total. The second kappa shape index (κ2) is 9.03. The molecule has 0 bridgehead atoms. The van der Waals surface area contributed by atoms with Gasteiger partial charge in [-0.05, 0) is 29.7 Å². The van der Waals surface area contributed by atoms with Gasteiger partial charge < -0.3 is 14.6 Å². The fraction of sp³-hybridized carbons (Fsp3) is 0.238. The van der Waals surface area contributed by atoms with E-state index in [0.717, 1.165) is 36.7 Å². The van der Waals surface area contributed by atoms with Gasteiger partial charge in [0.15, 0.2) is 5.96 Å². The largest absolute Gasteiger partial charge is 0.444 e. The summed E-state index contributed by atoms with van der Waals surface area (Å²) in [5.41, 5.74) is 4.65. The van der Waals surface area contributed by atoms with Crippen molar-refractivity contribution in [2.45, 2.75) is 19.5 Å². The second-order valence-corrected chi connectivity index (χ2v) is 6.35. The second-order valence-electron chi connectivity index (χ2n) is 6.35. The highest BCUT2D eigenvalue weighted by molar-refractivity contribution is 14.0. The number of rotatable bonds is 3. The summed E-state index contributed by atoms with van der Waals surface area (Å²) in [5, 5.41) is 3.40. The highest BCUT2D eigenvalue weighted by atomic mass is 127. The molecule has 1 N–H and O–H groups in total. The molecule has 6 heteroatoms. The summed E-state index contributed by atoms with van der Waals surface area (Å²) in [6.07, 6.45) is 2.74.